The molecule has 2 heterocycles. The molecular weight excluding hydrogens is 266 g/mol. The smallest absolute Gasteiger partial charge is 0.337 e. The first kappa shape index (κ1) is 13.8. The molecule has 0 amide bonds. The molecule has 2 N–H and O–H groups in total. The minimum Gasteiger partial charge on any atom is -0.478 e. The molecule has 0 atom stereocenters. The molecule has 1 fully saturated rings. The SMILES string of the molecule is CN1CCC(Nc2ncc(C(=O)O)c3ccccc23)CC1. The van der Waals surface area contributed by atoms with Gasteiger partial charge in [-0.05, 0) is 33.0 Å². The predicted octanol–water partition coefficient (Wildman–Crippen LogP) is 2.44. The third-order valence-corrected chi connectivity index (χ3v) is 4.08. The number of aromatic nitrogens is 1. The van der Waals surface area contributed by atoms with Crippen molar-refractivity contribution in [3.8, 4) is 0 Å². The second kappa shape index (κ2) is 5.69. The third-order valence-electron chi connectivity index (χ3n) is 4.08. The molecule has 0 spiro atoms. The molecular formula is C16H19N3O2. The van der Waals surface area contributed by atoms with Crippen molar-refractivity contribution in [2.24, 2.45) is 0 Å². The van der Waals surface area contributed by atoms with Gasteiger partial charge in [0.25, 0.3) is 0 Å². The second-order valence-electron chi connectivity index (χ2n) is 5.59. The zero-order valence-corrected chi connectivity index (χ0v) is 12.0. The first-order valence-corrected chi connectivity index (χ1v) is 7.21. The number of carboxylic acid groups (broad SMARTS) is 1. The van der Waals surface area contributed by atoms with Crippen LogP contribution in [0.2, 0.25) is 0 Å². The molecule has 0 unspecified atom stereocenters. The van der Waals surface area contributed by atoms with Crippen LogP contribution in [0.15, 0.2) is 30.5 Å². The van der Waals surface area contributed by atoms with E-state index < -0.39 is 5.97 Å². The van der Waals surface area contributed by atoms with E-state index in [1.165, 1.54) is 6.20 Å². The topological polar surface area (TPSA) is 65.5 Å². The number of benzene rings is 1. The van der Waals surface area contributed by atoms with Gasteiger partial charge in [0.1, 0.15) is 5.82 Å². The summed E-state index contributed by atoms with van der Waals surface area (Å²) in [4.78, 5) is 17.9. The maximum absolute atomic E-state index is 11.3. The van der Waals surface area contributed by atoms with Crippen LogP contribution in [0.1, 0.15) is 23.2 Å². The number of hydrogen-bond acceptors (Lipinski definition) is 4. The average Bonchev–Trinajstić information content (AvgIpc) is 2.49. The molecule has 0 radical (unpaired) electrons. The van der Waals surface area contributed by atoms with E-state index in [0.29, 0.717) is 6.04 Å². The molecule has 1 aromatic heterocycles. The van der Waals surface area contributed by atoms with Gasteiger partial charge in [0.15, 0.2) is 0 Å². The Hall–Kier alpha value is -2.14. The zero-order valence-electron chi connectivity index (χ0n) is 12.0. The number of carbonyl (C=O) groups is 1. The van der Waals surface area contributed by atoms with Crippen molar-refractivity contribution in [1.29, 1.82) is 0 Å². The number of nitrogens with zero attached hydrogens (tertiary/aromatic N) is 2. The van der Waals surface area contributed by atoms with Gasteiger partial charge in [-0.25, -0.2) is 9.78 Å². The highest BCUT2D eigenvalue weighted by Crippen LogP contribution is 2.26. The predicted molar refractivity (Wildman–Crippen MR) is 82.8 cm³/mol. The molecule has 0 aliphatic carbocycles. The van der Waals surface area contributed by atoms with E-state index in [9.17, 15) is 9.90 Å². The Balaban J connectivity index is 1.93. The van der Waals surface area contributed by atoms with Gasteiger partial charge in [0.05, 0.1) is 5.56 Å². The lowest BCUT2D eigenvalue weighted by molar-refractivity contribution is 0.0698. The van der Waals surface area contributed by atoms with Gasteiger partial charge in [-0.1, -0.05) is 24.3 Å². The molecule has 1 aliphatic rings. The molecule has 1 aliphatic heterocycles. The summed E-state index contributed by atoms with van der Waals surface area (Å²) in [6.45, 7) is 2.14. The molecule has 110 valence electrons. The number of likely N-dealkylation sites (tertiary alicyclic amines) is 1. The van der Waals surface area contributed by atoms with Gasteiger partial charge in [0, 0.05) is 23.0 Å². The summed E-state index contributed by atoms with van der Waals surface area (Å²) in [5.41, 5.74) is 0.250. The Bertz CT molecular complexity index is 664. The molecule has 21 heavy (non-hydrogen) atoms. The molecule has 5 heteroatoms. The fraction of sp³-hybridized carbons (Fsp3) is 0.375. The van der Waals surface area contributed by atoms with Crippen LogP contribution in [0, 0.1) is 0 Å². The number of aromatic carboxylic acids is 1. The molecule has 2 aromatic rings. The van der Waals surface area contributed by atoms with E-state index in [1.807, 2.05) is 24.3 Å². The quantitative estimate of drug-likeness (QED) is 0.906. The molecule has 3 rings (SSSR count). The van der Waals surface area contributed by atoms with E-state index in [4.69, 9.17) is 0 Å². The van der Waals surface area contributed by atoms with Crippen molar-refractivity contribution in [3.05, 3.63) is 36.0 Å². The lowest BCUT2D eigenvalue weighted by atomic mass is 10.0. The van der Waals surface area contributed by atoms with Crippen LogP contribution in [0.5, 0.6) is 0 Å². The highest BCUT2D eigenvalue weighted by atomic mass is 16.4. The lowest BCUT2D eigenvalue weighted by Crippen LogP contribution is -2.36. The van der Waals surface area contributed by atoms with Gasteiger partial charge in [-0.3, -0.25) is 0 Å². The summed E-state index contributed by atoms with van der Waals surface area (Å²) in [6.07, 6.45) is 3.60. The highest BCUT2D eigenvalue weighted by Gasteiger charge is 2.18. The van der Waals surface area contributed by atoms with Crippen molar-refractivity contribution < 1.29 is 9.90 Å². The minimum absolute atomic E-state index is 0.250. The molecule has 5 nitrogen and oxygen atoms in total. The number of fused-ring (bicyclic) bond motifs is 1. The van der Waals surface area contributed by atoms with Crippen molar-refractivity contribution in [2.45, 2.75) is 18.9 Å². The number of anilines is 1. The van der Waals surface area contributed by atoms with Gasteiger partial charge in [0.2, 0.25) is 0 Å². The van der Waals surface area contributed by atoms with Crippen LogP contribution in [-0.2, 0) is 0 Å². The van der Waals surface area contributed by atoms with E-state index >= 15 is 0 Å². The summed E-state index contributed by atoms with van der Waals surface area (Å²) < 4.78 is 0. The van der Waals surface area contributed by atoms with E-state index in [2.05, 4.69) is 22.2 Å². The fourth-order valence-corrected chi connectivity index (χ4v) is 2.82. The Labute approximate surface area is 123 Å². The summed E-state index contributed by atoms with van der Waals surface area (Å²) in [5, 5.41) is 14.3. The normalized spacial score (nSPS) is 17.0. The monoisotopic (exact) mass is 285 g/mol. The van der Waals surface area contributed by atoms with Crippen molar-refractivity contribution in [3.63, 3.8) is 0 Å². The van der Waals surface area contributed by atoms with Gasteiger partial charge >= 0.3 is 5.97 Å². The van der Waals surface area contributed by atoms with Crippen LogP contribution in [0.25, 0.3) is 10.8 Å². The summed E-state index contributed by atoms with van der Waals surface area (Å²) in [7, 11) is 2.13. The molecule has 1 saturated heterocycles. The Morgan fingerprint density at radius 2 is 1.95 bits per heavy atom. The summed E-state index contributed by atoms with van der Waals surface area (Å²) in [6, 6.07) is 7.92. The zero-order chi connectivity index (χ0) is 14.8. The van der Waals surface area contributed by atoms with Crippen LogP contribution in [-0.4, -0.2) is 47.1 Å². The van der Waals surface area contributed by atoms with Crippen molar-refractivity contribution >= 4 is 22.6 Å². The number of pyridine rings is 1. The van der Waals surface area contributed by atoms with Crippen molar-refractivity contribution in [1.82, 2.24) is 9.88 Å². The maximum atomic E-state index is 11.3. The van der Waals surface area contributed by atoms with Crippen LogP contribution in [0.3, 0.4) is 0 Å². The molecule has 0 bridgehead atoms. The largest absolute Gasteiger partial charge is 0.478 e. The standard InChI is InChI=1S/C16H19N3O2/c1-19-8-6-11(7-9-19)18-15-13-5-3-2-4-12(13)14(10-17-15)16(20)21/h2-5,10-11H,6-9H2,1H3,(H,17,18)(H,20,21). The first-order valence-electron chi connectivity index (χ1n) is 7.21. The number of piperidine rings is 1. The maximum Gasteiger partial charge on any atom is 0.337 e. The van der Waals surface area contributed by atoms with Crippen LogP contribution in [0.4, 0.5) is 5.82 Å². The number of hydrogen-bond donors (Lipinski definition) is 2. The van der Waals surface area contributed by atoms with E-state index in [1.54, 1.807) is 0 Å². The van der Waals surface area contributed by atoms with Gasteiger partial charge in [-0.15, -0.1) is 0 Å². The molecule has 1 aromatic carbocycles. The van der Waals surface area contributed by atoms with E-state index in [-0.39, 0.29) is 5.56 Å². The number of nitrogens with one attached hydrogen (secondary N) is 1. The van der Waals surface area contributed by atoms with E-state index in [0.717, 1.165) is 42.5 Å². The van der Waals surface area contributed by atoms with Crippen LogP contribution >= 0.6 is 0 Å². The Morgan fingerprint density at radius 3 is 2.62 bits per heavy atom. The number of rotatable bonds is 3. The van der Waals surface area contributed by atoms with Crippen LogP contribution < -0.4 is 5.32 Å². The first-order chi connectivity index (χ1) is 10.1. The number of carboxylic acids is 1. The second-order valence-corrected chi connectivity index (χ2v) is 5.59. The average molecular weight is 285 g/mol. The highest BCUT2D eigenvalue weighted by molar-refractivity contribution is 6.06. The Kier molecular flexibility index (Phi) is 3.75. The summed E-state index contributed by atoms with van der Waals surface area (Å²) >= 11 is 0. The third kappa shape index (κ3) is 2.83. The lowest BCUT2D eigenvalue weighted by Gasteiger charge is -2.30. The minimum atomic E-state index is -0.940. The molecule has 0 saturated carbocycles. The van der Waals surface area contributed by atoms with Gasteiger partial charge in [-0.2, -0.15) is 0 Å². The summed E-state index contributed by atoms with van der Waals surface area (Å²) in [5.74, 6) is -0.158. The Morgan fingerprint density at radius 1 is 1.29 bits per heavy atom. The van der Waals surface area contributed by atoms with Crippen molar-refractivity contribution in [2.75, 3.05) is 25.5 Å². The fourth-order valence-electron chi connectivity index (χ4n) is 2.82. The van der Waals surface area contributed by atoms with Gasteiger partial charge < -0.3 is 15.3 Å².